The predicted molar refractivity (Wildman–Crippen MR) is 92.0 cm³/mol. The Labute approximate surface area is 146 Å². The topological polar surface area (TPSA) is 79.2 Å². The van der Waals surface area contributed by atoms with Crippen LogP contribution in [0.2, 0.25) is 0 Å². The van der Waals surface area contributed by atoms with E-state index in [9.17, 15) is 14.3 Å². The first kappa shape index (κ1) is 17.4. The zero-order chi connectivity index (χ0) is 17.9. The van der Waals surface area contributed by atoms with Crippen LogP contribution in [-0.2, 0) is 6.42 Å². The van der Waals surface area contributed by atoms with Gasteiger partial charge in [-0.15, -0.1) is 0 Å². The molecule has 1 aliphatic rings. The fourth-order valence-electron chi connectivity index (χ4n) is 2.86. The molecule has 1 atom stereocenters. The first-order valence-electron chi connectivity index (χ1n) is 8.47. The minimum absolute atomic E-state index is 0.0663. The maximum absolute atomic E-state index is 13.3. The standard InChI is InChI=1S/C18H23FN4O2/c1-18(12-24,13-5-6-13)21-17(25)20-9-7-15-8-10-23(22-15)16-4-2-3-14(19)11-16/h2-4,8,10-11,13,24H,5-7,9,12H2,1H3,(H2,20,21,25)/t18-/m0/s1. The maximum Gasteiger partial charge on any atom is 0.315 e. The molecule has 1 saturated carbocycles. The lowest BCUT2D eigenvalue weighted by Gasteiger charge is -2.28. The summed E-state index contributed by atoms with van der Waals surface area (Å²) < 4.78 is 14.9. The van der Waals surface area contributed by atoms with Gasteiger partial charge in [-0.1, -0.05) is 6.07 Å². The number of carbonyl (C=O) groups is 1. The Morgan fingerprint density at radius 3 is 2.92 bits per heavy atom. The van der Waals surface area contributed by atoms with E-state index in [-0.39, 0.29) is 18.5 Å². The molecule has 0 spiro atoms. The average molecular weight is 346 g/mol. The molecule has 1 aromatic heterocycles. The molecule has 1 heterocycles. The number of urea groups is 1. The number of aliphatic hydroxyl groups is 1. The van der Waals surface area contributed by atoms with Gasteiger partial charge in [0.1, 0.15) is 5.82 Å². The van der Waals surface area contributed by atoms with E-state index < -0.39 is 5.54 Å². The van der Waals surface area contributed by atoms with Crippen LogP contribution in [0.3, 0.4) is 0 Å². The SMILES string of the molecule is C[C@@](CO)(NC(=O)NCCc1ccn(-c2cccc(F)c2)n1)C1CC1. The molecule has 6 nitrogen and oxygen atoms in total. The van der Waals surface area contributed by atoms with Crippen molar-refractivity contribution in [2.24, 2.45) is 5.92 Å². The second kappa shape index (κ2) is 7.23. The number of aromatic nitrogens is 2. The van der Waals surface area contributed by atoms with Gasteiger partial charge in [0.15, 0.2) is 0 Å². The summed E-state index contributed by atoms with van der Waals surface area (Å²) in [6.45, 7) is 2.23. The van der Waals surface area contributed by atoms with Crippen LogP contribution in [-0.4, -0.2) is 39.6 Å². The fourth-order valence-corrected chi connectivity index (χ4v) is 2.86. The van der Waals surface area contributed by atoms with Crippen LogP contribution in [0.1, 0.15) is 25.5 Å². The highest BCUT2D eigenvalue weighted by atomic mass is 19.1. The van der Waals surface area contributed by atoms with Crippen LogP contribution < -0.4 is 10.6 Å². The molecule has 25 heavy (non-hydrogen) atoms. The van der Waals surface area contributed by atoms with Gasteiger partial charge in [-0.25, -0.2) is 13.9 Å². The lowest BCUT2D eigenvalue weighted by Crippen LogP contribution is -2.54. The molecule has 0 radical (unpaired) electrons. The molecule has 0 bridgehead atoms. The Bertz CT molecular complexity index is 744. The normalized spacial score (nSPS) is 16.3. The smallest absolute Gasteiger partial charge is 0.315 e. The van der Waals surface area contributed by atoms with Gasteiger partial charge in [-0.05, 0) is 49.9 Å². The van der Waals surface area contributed by atoms with Crippen molar-refractivity contribution in [1.29, 1.82) is 0 Å². The number of nitrogens with zero attached hydrogens (tertiary/aromatic N) is 2. The monoisotopic (exact) mass is 346 g/mol. The number of carbonyl (C=O) groups excluding carboxylic acids is 1. The van der Waals surface area contributed by atoms with Crippen molar-refractivity contribution in [2.75, 3.05) is 13.2 Å². The third-order valence-electron chi connectivity index (χ3n) is 4.59. The molecule has 0 unspecified atom stereocenters. The predicted octanol–water partition coefficient (Wildman–Crippen LogP) is 2.01. The summed E-state index contributed by atoms with van der Waals surface area (Å²) in [6, 6.07) is 7.77. The summed E-state index contributed by atoms with van der Waals surface area (Å²) in [5.74, 6) is 0.0423. The number of aliphatic hydroxyl groups excluding tert-OH is 1. The first-order chi connectivity index (χ1) is 12.0. The van der Waals surface area contributed by atoms with E-state index >= 15 is 0 Å². The second-order valence-corrected chi connectivity index (χ2v) is 6.71. The van der Waals surface area contributed by atoms with Gasteiger partial charge in [-0.3, -0.25) is 0 Å². The minimum atomic E-state index is -0.553. The second-order valence-electron chi connectivity index (χ2n) is 6.71. The zero-order valence-corrected chi connectivity index (χ0v) is 14.2. The molecule has 0 aliphatic heterocycles. The molecule has 1 aromatic carbocycles. The van der Waals surface area contributed by atoms with Crippen LogP contribution in [0.25, 0.3) is 5.69 Å². The van der Waals surface area contributed by atoms with E-state index in [1.54, 1.807) is 23.0 Å². The lowest BCUT2D eigenvalue weighted by atomic mass is 9.97. The Morgan fingerprint density at radius 2 is 2.24 bits per heavy atom. The summed E-state index contributed by atoms with van der Waals surface area (Å²) >= 11 is 0. The Morgan fingerprint density at radius 1 is 1.44 bits per heavy atom. The van der Waals surface area contributed by atoms with Crippen LogP contribution in [0.5, 0.6) is 0 Å². The third-order valence-corrected chi connectivity index (χ3v) is 4.59. The number of hydrogen-bond donors (Lipinski definition) is 3. The van der Waals surface area contributed by atoms with E-state index in [4.69, 9.17) is 0 Å². The number of amides is 2. The molecule has 2 aromatic rings. The van der Waals surface area contributed by atoms with Crippen molar-refractivity contribution in [3.05, 3.63) is 48.0 Å². The van der Waals surface area contributed by atoms with E-state index in [2.05, 4.69) is 15.7 Å². The van der Waals surface area contributed by atoms with Gasteiger partial charge in [0.2, 0.25) is 0 Å². The molecule has 0 saturated heterocycles. The molecule has 1 fully saturated rings. The van der Waals surface area contributed by atoms with Crippen molar-refractivity contribution < 1.29 is 14.3 Å². The molecule has 1 aliphatic carbocycles. The Balaban J connectivity index is 1.48. The van der Waals surface area contributed by atoms with Crippen molar-refractivity contribution in [1.82, 2.24) is 20.4 Å². The van der Waals surface area contributed by atoms with E-state index in [1.807, 2.05) is 13.0 Å². The first-order valence-corrected chi connectivity index (χ1v) is 8.47. The number of hydrogen-bond acceptors (Lipinski definition) is 3. The highest BCUT2D eigenvalue weighted by Crippen LogP contribution is 2.39. The molecule has 7 heteroatoms. The average Bonchev–Trinajstić information content (AvgIpc) is 3.35. The highest BCUT2D eigenvalue weighted by molar-refractivity contribution is 5.74. The van der Waals surface area contributed by atoms with Gasteiger partial charge < -0.3 is 15.7 Å². The molecule has 3 rings (SSSR count). The summed E-state index contributed by atoms with van der Waals surface area (Å²) in [5, 5.41) is 19.5. The summed E-state index contributed by atoms with van der Waals surface area (Å²) in [5.41, 5.74) is 0.903. The highest BCUT2D eigenvalue weighted by Gasteiger charge is 2.42. The number of halogens is 1. The minimum Gasteiger partial charge on any atom is -0.394 e. The fraction of sp³-hybridized carbons (Fsp3) is 0.444. The van der Waals surface area contributed by atoms with Crippen molar-refractivity contribution >= 4 is 6.03 Å². The quantitative estimate of drug-likeness (QED) is 0.718. The van der Waals surface area contributed by atoms with Crippen LogP contribution in [0, 0.1) is 11.7 Å². The lowest BCUT2D eigenvalue weighted by molar-refractivity contribution is 0.155. The van der Waals surface area contributed by atoms with Crippen LogP contribution in [0.4, 0.5) is 9.18 Å². The third kappa shape index (κ3) is 4.36. The largest absolute Gasteiger partial charge is 0.394 e. The number of nitrogens with one attached hydrogen (secondary N) is 2. The van der Waals surface area contributed by atoms with Crippen molar-refractivity contribution in [3.8, 4) is 5.69 Å². The van der Waals surface area contributed by atoms with Crippen molar-refractivity contribution in [2.45, 2.75) is 31.7 Å². The molecular formula is C18H23FN4O2. The van der Waals surface area contributed by atoms with Gasteiger partial charge >= 0.3 is 6.03 Å². The molecule has 3 N–H and O–H groups in total. The summed E-state index contributed by atoms with van der Waals surface area (Å²) in [6.07, 6.45) is 4.40. The Kier molecular flexibility index (Phi) is 5.03. The van der Waals surface area contributed by atoms with Crippen molar-refractivity contribution in [3.63, 3.8) is 0 Å². The Hall–Kier alpha value is -2.41. The van der Waals surface area contributed by atoms with Gasteiger partial charge in [-0.2, -0.15) is 5.10 Å². The molecule has 2 amide bonds. The van der Waals surface area contributed by atoms with Gasteiger partial charge in [0.25, 0.3) is 0 Å². The molecular weight excluding hydrogens is 323 g/mol. The van der Waals surface area contributed by atoms with E-state index in [0.29, 0.717) is 24.6 Å². The van der Waals surface area contributed by atoms with E-state index in [0.717, 1.165) is 18.5 Å². The maximum atomic E-state index is 13.3. The number of rotatable bonds is 7. The zero-order valence-electron chi connectivity index (χ0n) is 14.2. The molecule has 134 valence electrons. The van der Waals surface area contributed by atoms with Gasteiger partial charge in [0, 0.05) is 19.2 Å². The summed E-state index contributed by atoms with van der Waals surface area (Å²) in [7, 11) is 0. The van der Waals surface area contributed by atoms with Gasteiger partial charge in [0.05, 0.1) is 23.5 Å². The van der Waals surface area contributed by atoms with Crippen LogP contribution >= 0.6 is 0 Å². The summed E-state index contributed by atoms with van der Waals surface area (Å²) in [4.78, 5) is 12.0. The van der Waals surface area contributed by atoms with E-state index in [1.165, 1.54) is 12.1 Å². The van der Waals surface area contributed by atoms with Crippen LogP contribution in [0.15, 0.2) is 36.5 Å². The number of benzene rings is 1.